The fourth-order valence-corrected chi connectivity index (χ4v) is 5.14. The topological polar surface area (TPSA) is 64.7 Å². The van der Waals surface area contributed by atoms with Crippen LogP contribution in [0.5, 0.6) is 17.2 Å². The number of thiocarbonyl (C=S) groups is 1. The van der Waals surface area contributed by atoms with Crippen molar-refractivity contribution < 1.29 is 13.9 Å². The number of rotatable bonds is 8. The van der Waals surface area contributed by atoms with Gasteiger partial charge in [0.15, 0.2) is 5.11 Å². The third kappa shape index (κ3) is 4.73. The summed E-state index contributed by atoms with van der Waals surface area (Å²) in [5, 5.41) is 4.16. The quantitative estimate of drug-likeness (QED) is 0.233. The van der Waals surface area contributed by atoms with E-state index >= 15 is 0 Å². The highest BCUT2D eigenvalue weighted by molar-refractivity contribution is 7.80. The summed E-state index contributed by atoms with van der Waals surface area (Å²) in [5.74, 6) is 3.14. The predicted molar refractivity (Wildman–Crippen MR) is 150 cm³/mol. The fraction of sp³-hybridized carbons (Fsp3) is 0.133. The number of benzene rings is 2. The van der Waals surface area contributed by atoms with E-state index in [0.29, 0.717) is 11.7 Å². The molecule has 1 aliphatic heterocycles. The Morgan fingerprint density at radius 1 is 0.895 bits per heavy atom. The summed E-state index contributed by atoms with van der Waals surface area (Å²) in [6.45, 7) is 0.621. The molecular weight excluding hydrogens is 496 g/mol. The monoisotopic (exact) mass is 522 g/mol. The molecule has 2 unspecified atom stereocenters. The number of furan rings is 1. The van der Waals surface area contributed by atoms with Crippen molar-refractivity contribution in [1.29, 1.82) is 0 Å². The summed E-state index contributed by atoms with van der Waals surface area (Å²) in [4.78, 5) is 6.81. The molecule has 4 heterocycles. The van der Waals surface area contributed by atoms with E-state index < -0.39 is 0 Å². The van der Waals surface area contributed by atoms with Crippen molar-refractivity contribution in [3.05, 3.63) is 127 Å². The highest BCUT2D eigenvalue weighted by atomic mass is 32.1. The molecule has 38 heavy (non-hydrogen) atoms. The third-order valence-corrected chi connectivity index (χ3v) is 6.90. The Bertz CT molecular complexity index is 1500. The van der Waals surface area contributed by atoms with Crippen molar-refractivity contribution >= 4 is 23.0 Å². The molecule has 2 aromatic carbocycles. The molecule has 7 nitrogen and oxygen atoms in total. The summed E-state index contributed by atoms with van der Waals surface area (Å²) < 4.78 is 19.1. The van der Waals surface area contributed by atoms with Crippen molar-refractivity contribution in [2.45, 2.75) is 18.6 Å². The smallest absolute Gasteiger partial charge is 0.174 e. The van der Waals surface area contributed by atoms with E-state index in [1.54, 1.807) is 13.4 Å². The minimum Gasteiger partial charge on any atom is -0.497 e. The van der Waals surface area contributed by atoms with Gasteiger partial charge in [0.2, 0.25) is 0 Å². The largest absolute Gasteiger partial charge is 0.497 e. The molecule has 0 bridgehead atoms. The van der Waals surface area contributed by atoms with Gasteiger partial charge in [0.05, 0.1) is 31.7 Å². The van der Waals surface area contributed by atoms with Crippen LogP contribution in [0.3, 0.4) is 0 Å². The summed E-state index contributed by atoms with van der Waals surface area (Å²) in [6, 6.07) is 29.2. The van der Waals surface area contributed by atoms with Crippen molar-refractivity contribution in [3.63, 3.8) is 0 Å². The van der Waals surface area contributed by atoms with Crippen LogP contribution in [0.4, 0.5) is 5.69 Å². The highest BCUT2D eigenvalue weighted by Gasteiger charge is 2.42. The molecule has 1 saturated heterocycles. The molecule has 0 spiro atoms. The van der Waals surface area contributed by atoms with Crippen molar-refractivity contribution in [2.75, 3.05) is 12.0 Å². The van der Waals surface area contributed by atoms with Gasteiger partial charge in [-0.2, -0.15) is 0 Å². The molecule has 0 aliphatic carbocycles. The maximum atomic E-state index is 6.04. The van der Waals surface area contributed by atoms with E-state index in [-0.39, 0.29) is 12.1 Å². The Morgan fingerprint density at radius 3 is 2.34 bits per heavy atom. The normalized spacial score (nSPS) is 16.9. The van der Waals surface area contributed by atoms with Gasteiger partial charge in [-0.25, -0.2) is 0 Å². The fourth-order valence-electron chi connectivity index (χ4n) is 4.80. The first-order valence-electron chi connectivity index (χ1n) is 12.3. The van der Waals surface area contributed by atoms with Gasteiger partial charge in [-0.3, -0.25) is 4.98 Å². The van der Waals surface area contributed by atoms with Crippen LogP contribution in [0.25, 0.3) is 0 Å². The summed E-state index contributed by atoms with van der Waals surface area (Å²) in [5.41, 5.74) is 2.98. The number of hydrogen-bond acceptors (Lipinski definition) is 5. The van der Waals surface area contributed by atoms with E-state index in [2.05, 4.69) is 38.1 Å². The van der Waals surface area contributed by atoms with Gasteiger partial charge < -0.3 is 28.7 Å². The van der Waals surface area contributed by atoms with E-state index in [1.807, 2.05) is 85.1 Å². The first-order valence-corrected chi connectivity index (χ1v) is 12.7. The lowest BCUT2D eigenvalue weighted by Crippen LogP contribution is -2.30. The van der Waals surface area contributed by atoms with Gasteiger partial charge in [-0.15, -0.1) is 0 Å². The molecule has 1 fully saturated rings. The van der Waals surface area contributed by atoms with Crippen LogP contribution in [0.2, 0.25) is 0 Å². The molecule has 190 valence electrons. The number of nitrogens with one attached hydrogen (secondary N) is 1. The summed E-state index contributed by atoms with van der Waals surface area (Å²) in [6.07, 6.45) is 5.58. The molecule has 0 amide bonds. The van der Waals surface area contributed by atoms with E-state index in [1.165, 1.54) is 0 Å². The van der Waals surface area contributed by atoms with Crippen LogP contribution in [0, 0.1) is 0 Å². The van der Waals surface area contributed by atoms with Crippen LogP contribution in [0.15, 0.2) is 114 Å². The minimum absolute atomic E-state index is 0.129. The zero-order chi connectivity index (χ0) is 25.9. The van der Waals surface area contributed by atoms with Gasteiger partial charge in [0.1, 0.15) is 29.1 Å². The Labute approximate surface area is 226 Å². The first kappa shape index (κ1) is 23.8. The second-order valence-electron chi connectivity index (χ2n) is 8.91. The SMILES string of the molecule is COc1ccc(Oc2ccc(N3C(=S)NC(c4ccccn4)C3c3cccn3Cc3ccco3)cc2)cc1. The molecule has 6 rings (SSSR count). The Kier molecular flexibility index (Phi) is 6.54. The number of pyridine rings is 1. The predicted octanol–water partition coefficient (Wildman–Crippen LogP) is 6.50. The van der Waals surface area contributed by atoms with Gasteiger partial charge in [0.25, 0.3) is 0 Å². The summed E-state index contributed by atoms with van der Waals surface area (Å²) in [7, 11) is 1.64. The molecule has 5 aromatic rings. The molecule has 0 saturated carbocycles. The van der Waals surface area contributed by atoms with Crippen molar-refractivity contribution in [3.8, 4) is 17.2 Å². The van der Waals surface area contributed by atoms with Gasteiger partial charge in [-0.05, 0) is 97.1 Å². The number of nitrogens with zero attached hydrogens (tertiary/aromatic N) is 3. The van der Waals surface area contributed by atoms with Gasteiger partial charge in [0, 0.05) is 23.8 Å². The Morgan fingerprint density at radius 2 is 1.66 bits per heavy atom. The van der Waals surface area contributed by atoms with Crippen molar-refractivity contribution in [1.82, 2.24) is 14.9 Å². The molecule has 0 radical (unpaired) electrons. The molecular formula is C30H26N4O3S. The van der Waals surface area contributed by atoms with Gasteiger partial charge >= 0.3 is 0 Å². The zero-order valence-corrected chi connectivity index (χ0v) is 21.5. The van der Waals surface area contributed by atoms with Crippen LogP contribution in [-0.2, 0) is 6.54 Å². The standard InChI is InChI=1S/C30H26N4O3S/c1-35-22-13-15-24(16-14-22)37-23-11-9-21(10-12-23)34-29(28(32-30(34)38)26-7-2-3-17-31-26)27-8-4-18-33(27)20-25-6-5-19-36-25/h2-19,28-29H,20H2,1H3,(H,32,38). The molecule has 8 heteroatoms. The van der Waals surface area contributed by atoms with Crippen LogP contribution in [-0.4, -0.2) is 21.8 Å². The maximum absolute atomic E-state index is 6.04. The average Bonchev–Trinajstić information content (AvgIpc) is 3.71. The maximum Gasteiger partial charge on any atom is 0.174 e. The van der Waals surface area contributed by atoms with Crippen molar-refractivity contribution in [2.24, 2.45) is 0 Å². The highest BCUT2D eigenvalue weighted by Crippen LogP contribution is 2.42. The summed E-state index contributed by atoms with van der Waals surface area (Å²) >= 11 is 5.89. The Hall–Kier alpha value is -4.56. The second kappa shape index (κ2) is 10.4. The number of aromatic nitrogens is 2. The Balaban J connectivity index is 1.33. The number of anilines is 1. The molecule has 1 N–H and O–H groups in total. The van der Waals surface area contributed by atoms with Crippen LogP contribution >= 0.6 is 12.2 Å². The van der Waals surface area contributed by atoms with E-state index in [0.717, 1.165) is 40.1 Å². The average molecular weight is 523 g/mol. The van der Waals surface area contributed by atoms with Crippen LogP contribution < -0.4 is 19.7 Å². The minimum atomic E-state index is -0.135. The second-order valence-corrected chi connectivity index (χ2v) is 9.30. The first-order chi connectivity index (χ1) is 18.7. The lowest BCUT2D eigenvalue weighted by molar-refractivity contribution is 0.413. The van der Waals surface area contributed by atoms with Crippen LogP contribution in [0.1, 0.15) is 29.2 Å². The number of hydrogen-bond donors (Lipinski definition) is 1. The molecule has 3 aromatic heterocycles. The molecule has 2 atom stereocenters. The number of ether oxygens (including phenoxy) is 2. The van der Waals surface area contributed by atoms with Gasteiger partial charge in [-0.1, -0.05) is 6.07 Å². The van der Waals surface area contributed by atoms with E-state index in [4.69, 9.17) is 26.1 Å². The lowest BCUT2D eigenvalue weighted by atomic mass is 10.0. The lowest BCUT2D eigenvalue weighted by Gasteiger charge is -2.29. The molecule has 1 aliphatic rings. The number of methoxy groups -OCH3 is 1. The van der Waals surface area contributed by atoms with E-state index in [9.17, 15) is 0 Å². The zero-order valence-electron chi connectivity index (χ0n) is 20.7. The third-order valence-electron chi connectivity index (χ3n) is 6.58.